The highest BCUT2D eigenvalue weighted by Crippen LogP contribution is 2.46. The number of aromatic amines is 1. The first kappa shape index (κ1) is 23.4. The van der Waals surface area contributed by atoms with Gasteiger partial charge in [-0.25, -0.2) is 4.98 Å². The number of nitrogens with zero attached hydrogens (tertiary/aromatic N) is 1. The zero-order valence-corrected chi connectivity index (χ0v) is 19.6. The fourth-order valence-corrected chi connectivity index (χ4v) is 5.48. The van der Waals surface area contributed by atoms with Gasteiger partial charge < -0.3 is 10.3 Å². The number of halogens is 3. The van der Waals surface area contributed by atoms with Crippen molar-refractivity contribution in [1.82, 2.24) is 9.97 Å². The van der Waals surface area contributed by atoms with Crippen molar-refractivity contribution in [1.29, 1.82) is 0 Å². The first-order chi connectivity index (χ1) is 16.7. The van der Waals surface area contributed by atoms with E-state index in [4.69, 9.17) is 0 Å². The Hall–Kier alpha value is -3.33. The molecule has 1 aromatic heterocycles. The number of Topliss-reactive ketones (excluding diaryl/α,β-unsaturated/α-hetero) is 1. The number of ketones is 1. The van der Waals surface area contributed by atoms with Gasteiger partial charge in [0.2, 0.25) is 0 Å². The Morgan fingerprint density at radius 2 is 1.80 bits per heavy atom. The molecule has 3 aromatic rings. The second-order valence-corrected chi connectivity index (χ2v) is 9.68. The van der Waals surface area contributed by atoms with Crippen LogP contribution in [0.1, 0.15) is 53.0 Å². The molecule has 5 rings (SSSR count). The summed E-state index contributed by atoms with van der Waals surface area (Å²) in [5.41, 5.74) is 1.47. The van der Waals surface area contributed by atoms with E-state index in [1.165, 1.54) is 30.0 Å². The first-order valence-corrected chi connectivity index (χ1v) is 12.2. The quantitative estimate of drug-likeness (QED) is 0.344. The summed E-state index contributed by atoms with van der Waals surface area (Å²) >= 11 is 1.33. The summed E-state index contributed by atoms with van der Waals surface area (Å²) in [4.78, 5) is 33.5. The number of aryl methyl sites for hydroxylation is 1. The van der Waals surface area contributed by atoms with Crippen molar-refractivity contribution in [2.75, 3.05) is 5.32 Å². The monoisotopic (exact) mass is 497 g/mol. The lowest BCUT2D eigenvalue weighted by atomic mass is 9.75. The summed E-state index contributed by atoms with van der Waals surface area (Å²) in [5, 5.41) is 3.46. The molecule has 1 aliphatic carbocycles. The number of fused-ring (bicyclic) bond motifs is 1. The van der Waals surface area contributed by atoms with Gasteiger partial charge in [-0.05, 0) is 37.0 Å². The van der Waals surface area contributed by atoms with E-state index in [1.807, 2.05) is 31.2 Å². The minimum Gasteiger partial charge on any atom is -0.343 e. The highest BCUT2D eigenvalue weighted by Gasteiger charge is 2.42. The predicted octanol–water partition coefficient (Wildman–Crippen LogP) is 5.95. The molecule has 2 aliphatic rings. The molecule has 180 valence electrons. The van der Waals surface area contributed by atoms with Crippen LogP contribution < -0.4 is 10.9 Å². The van der Waals surface area contributed by atoms with Crippen LogP contribution in [0.15, 0.2) is 69.8 Å². The van der Waals surface area contributed by atoms with Crippen molar-refractivity contribution in [2.24, 2.45) is 0 Å². The third-order valence-corrected chi connectivity index (χ3v) is 7.25. The van der Waals surface area contributed by atoms with Gasteiger partial charge >= 0.3 is 6.18 Å². The number of rotatable bonds is 4. The van der Waals surface area contributed by atoms with Gasteiger partial charge in [-0.15, -0.1) is 0 Å². The van der Waals surface area contributed by atoms with E-state index in [2.05, 4.69) is 15.3 Å². The third-order valence-electron chi connectivity index (χ3n) is 6.31. The number of carbonyl (C=O) groups excluding carboxylic acids is 1. The van der Waals surface area contributed by atoms with E-state index in [9.17, 15) is 22.8 Å². The van der Waals surface area contributed by atoms with Crippen LogP contribution in [0, 0.1) is 6.92 Å². The summed E-state index contributed by atoms with van der Waals surface area (Å²) in [6.07, 6.45) is -3.31. The summed E-state index contributed by atoms with van der Waals surface area (Å²) in [5.74, 6) is -0.618. The Labute approximate surface area is 203 Å². The maximum absolute atomic E-state index is 13.9. The smallest absolute Gasteiger partial charge is 0.343 e. The van der Waals surface area contributed by atoms with Gasteiger partial charge in [-0.3, -0.25) is 9.59 Å². The largest absolute Gasteiger partial charge is 0.416 e. The van der Waals surface area contributed by atoms with Crippen LogP contribution in [0.4, 0.5) is 19.0 Å². The van der Waals surface area contributed by atoms with E-state index in [1.54, 1.807) is 0 Å². The van der Waals surface area contributed by atoms with Crippen LogP contribution in [0.3, 0.4) is 0 Å². The number of nitrogens with one attached hydrogen (secondary N) is 2. The maximum Gasteiger partial charge on any atom is 0.416 e. The summed E-state index contributed by atoms with van der Waals surface area (Å²) < 4.78 is 41.8. The molecule has 0 spiro atoms. The predicted molar refractivity (Wildman–Crippen MR) is 128 cm³/mol. The highest BCUT2D eigenvalue weighted by atomic mass is 32.2. The number of anilines is 1. The molecule has 1 atom stereocenters. The molecule has 2 N–H and O–H groups in total. The molecule has 0 amide bonds. The summed E-state index contributed by atoms with van der Waals surface area (Å²) in [7, 11) is 0. The topological polar surface area (TPSA) is 74.8 Å². The van der Waals surface area contributed by atoms with E-state index in [0.29, 0.717) is 29.4 Å². The van der Waals surface area contributed by atoms with Crippen LogP contribution in [0.5, 0.6) is 0 Å². The Bertz CT molecular complexity index is 1390. The molecule has 1 aliphatic heterocycles. The number of thioether (sulfide) groups is 1. The van der Waals surface area contributed by atoms with Crippen molar-refractivity contribution in [3.05, 3.63) is 98.0 Å². The van der Waals surface area contributed by atoms with Gasteiger partial charge in [-0.2, -0.15) is 13.2 Å². The zero-order valence-electron chi connectivity index (χ0n) is 18.8. The fourth-order valence-electron chi connectivity index (χ4n) is 4.66. The second kappa shape index (κ2) is 9.03. The molecule has 0 radical (unpaired) electrons. The zero-order chi connectivity index (χ0) is 24.7. The second-order valence-electron chi connectivity index (χ2n) is 8.72. The van der Waals surface area contributed by atoms with Crippen LogP contribution in [0.2, 0.25) is 0 Å². The van der Waals surface area contributed by atoms with Gasteiger partial charge in [0, 0.05) is 29.4 Å². The number of hydrogen-bond donors (Lipinski definition) is 2. The van der Waals surface area contributed by atoms with Gasteiger partial charge in [0.05, 0.1) is 11.1 Å². The Balaban J connectivity index is 1.61. The number of allylic oxidation sites excluding steroid dienone is 2. The van der Waals surface area contributed by atoms with Gasteiger partial charge in [0.15, 0.2) is 10.9 Å². The number of aromatic nitrogens is 2. The lowest BCUT2D eigenvalue weighted by Gasteiger charge is -2.33. The van der Waals surface area contributed by atoms with Crippen LogP contribution in [-0.2, 0) is 16.7 Å². The Morgan fingerprint density at radius 1 is 1.06 bits per heavy atom. The third kappa shape index (κ3) is 4.52. The summed E-state index contributed by atoms with van der Waals surface area (Å²) in [6.45, 7) is 2.00. The van der Waals surface area contributed by atoms with E-state index in [-0.39, 0.29) is 34.7 Å². The number of carbonyl (C=O) groups is 1. The van der Waals surface area contributed by atoms with Crippen LogP contribution in [0.25, 0.3) is 0 Å². The van der Waals surface area contributed by atoms with Crippen molar-refractivity contribution in [3.8, 4) is 0 Å². The number of H-pyrrole nitrogens is 1. The molecule has 0 fully saturated rings. The lowest BCUT2D eigenvalue weighted by Crippen LogP contribution is -2.33. The molecule has 5 nitrogen and oxygen atoms in total. The normalized spacial score (nSPS) is 17.6. The molecular formula is C26H22F3N3O2S. The van der Waals surface area contributed by atoms with Gasteiger partial charge in [0.25, 0.3) is 5.56 Å². The molecule has 35 heavy (non-hydrogen) atoms. The van der Waals surface area contributed by atoms with Gasteiger partial charge in [-0.1, -0.05) is 59.8 Å². The van der Waals surface area contributed by atoms with Crippen molar-refractivity contribution in [3.63, 3.8) is 0 Å². The highest BCUT2D eigenvalue weighted by molar-refractivity contribution is 7.98. The van der Waals surface area contributed by atoms with Crippen LogP contribution in [-0.4, -0.2) is 15.8 Å². The Morgan fingerprint density at radius 3 is 2.54 bits per heavy atom. The Kier molecular flexibility index (Phi) is 6.04. The number of alkyl halides is 3. The number of hydrogen-bond acceptors (Lipinski definition) is 5. The molecule has 0 unspecified atom stereocenters. The average Bonchev–Trinajstić information content (AvgIpc) is 2.82. The van der Waals surface area contributed by atoms with Crippen LogP contribution >= 0.6 is 11.8 Å². The molecule has 2 heterocycles. The van der Waals surface area contributed by atoms with Gasteiger partial charge in [0.1, 0.15) is 5.82 Å². The van der Waals surface area contributed by atoms with E-state index >= 15 is 0 Å². The molecule has 9 heteroatoms. The van der Waals surface area contributed by atoms with Crippen molar-refractivity contribution >= 4 is 23.4 Å². The lowest BCUT2D eigenvalue weighted by molar-refractivity contribution is -0.138. The SMILES string of the molecule is Cc1ccc(CSc2nc3c(c(=O)[nH]2)[C@@H](c2ccccc2C(F)(F)F)C2=C(CCCC2=O)N3)cc1. The molecule has 0 saturated carbocycles. The first-order valence-electron chi connectivity index (χ1n) is 11.2. The summed E-state index contributed by atoms with van der Waals surface area (Å²) in [6, 6.07) is 13.1. The molecule has 2 aromatic carbocycles. The standard InChI is InChI=1S/C26H22F3N3O2S/c1-14-9-11-15(12-10-14)13-35-25-31-23-22(24(34)32-25)20(21-18(30-23)7-4-8-19(21)33)16-5-2-3-6-17(16)26(27,28)29/h2-3,5-6,9-12,20H,4,7-8,13H2,1H3,(H2,30,31,32,34)/t20-/m0/s1. The molecular weight excluding hydrogens is 475 g/mol. The minimum atomic E-state index is -4.63. The van der Waals surface area contributed by atoms with Crippen molar-refractivity contribution in [2.45, 2.75) is 49.2 Å². The molecule has 0 bridgehead atoms. The average molecular weight is 498 g/mol. The molecule has 0 saturated heterocycles. The fraction of sp³-hybridized carbons (Fsp3) is 0.269. The maximum atomic E-state index is 13.9. The van der Waals surface area contributed by atoms with Crippen molar-refractivity contribution < 1.29 is 18.0 Å². The van der Waals surface area contributed by atoms with E-state index < -0.39 is 23.2 Å². The minimum absolute atomic E-state index is 0.0374. The van der Waals surface area contributed by atoms with E-state index in [0.717, 1.165) is 17.2 Å². The number of benzene rings is 2.